The highest BCUT2D eigenvalue weighted by Crippen LogP contribution is 2.31. The number of benzene rings is 2. The maximum Gasteiger partial charge on any atom is 0.253 e. The zero-order valence-corrected chi connectivity index (χ0v) is 20.3. The molecule has 5 rings (SSSR count). The van der Waals surface area contributed by atoms with E-state index in [0.717, 1.165) is 61.9 Å². The quantitative estimate of drug-likeness (QED) is 0.523. The minimum Gasteiger partial charge on any atom is -0.440 e. The van der Waals surface area contributed by atoms with E-state index >= 15 is 0 Å². The lowest BCUT2D eigenvalue weighted by atomic mass is 9.96. The summed E-state index contributed by atoms with van der Waals surface area (Å²) in [6, 6.07) is 14.2. The topological polar surface area (TPSA) is 83.7 Å². The first kappa shape index (κ1) is 23.1. The molecule has 34 heavy (non-hydrogen) atoms. The Morgan fingerprint density at radius 3 is 2.47 bits per heavy atom. The van der Waals surface area contributed by atoms with Gasteiger partial charge in [-0.05, 0) is 56.0 Å². The second-order valence-electron chi connectivity index (χ2n) is 9.43. The third-order valence-electron chi connectivity index (χ3n) is 7.29. The Hall–Kier alpha value is -2.71. The van der Waals surface area contributed by atoms with Gasteiger partial charge in [-0.25, -0.2) is 13.4 Å². The van der Waals surface area contributed by atoms with Crippen molar-refractivity contribution in [3.63, 3.8) is 0 Å². The van der Waals surface area contributed by atoms with Gasteiger partial charge in [0.15, 0.2) is 11.5 Å². The van der Waals surface area contributed by atoms with E-state index in [1.165, 1.54) is 10.4 Å². The van der Waals surface area contributed by atoms with E-state index in [1.54, 1.807) is 30.1 Å². The molecule has 0 atom stereocenters. The van der Waals surface area contributed by atoms with E-state index in [0.29, 0.717) is 18.7 Å². The molecule has 0 spiro atoms. The number of aromatic nitrogens is 1. The normalized spacial score (nSPS) is 18.6. The fourth-order valence-corrected chi connectivity index (χ4v) is 6.64. The molecule has 1 amide bonds. The molecule has 1 aromatic heterocycles. The van der Waals surface area contributed by atoms with Crippen LogP contribution in [-0.4, -0.2) is 54.7 Å². The molecule has 2 fully saturated rings. The molecule has 1 saturated heterocycles. The molecule has 1 aliphatic carbocycles. The smallest absolute Gasteiger partial charge is 0.253 e. The molecule has 0 radical (unpaired) electrons. The van der Waals surface area contributed by atoms with Crippen LogP contribution in [0.3, 0.4) is 0 Å². The van der Waals surface area contributed by atoms with Crippen molar-refractivity contribution >= 4 is 27.0 Å². The first-order valence-corrected chi connectivity index (χ1v) is 13.6. The molecule has 1 saturated carbocycles. The van der Waals surface area contributed by atoms with Crippen LogP contribution < -0.4 is 0 Å². The molecule has 2 aliphatic rings. The van der Waals surface area contributed by atoms with Gasteiger partial charge in [-0.3, -0.25) is 4.79 Å². The van der Waals surface area contributed by atoms with Crippen LogP contribution in [0.2, 0.25) is 0 Å². The fourth-order valence-electron chi connectivity index (χ4n) is 5.17. The van der Waals surface area contributed by atoms with E-state index in [1.807, 2.05) is 24.3 Å². The van der Waals surface area contributed by atoms with Gasteiger partial charge < -0.3 is 9.32 Å². The van der Waals surface area contributed by atoms with Crippen LogP contribution in [0.5, 0.6) is 0 Å². The fraction of sp³-hybridized carbons (Fsp3) is 0.462. The van der Waals surface area contributed by atoms with Crippen LogP contribution >= 0.6 is 0 Å². The van der Waals surface area contributed by atoms with Crippen molar-refractivity contribution in [2.24, 2.45) is 0 Å². The highest BCUT2D eigenvalue weighted by molar-refractivity contribution is 7.89. The second-order valence-corrected chi connectivity index (χ2v) is 11.4. The van der Waals surface area contributed by atoms with Crippen LogP contribution in [-0.2, 0) is 10.0 Å². The Bertz CT molecular complexity index is 1240. The van der Waals surface area contributed by atoms with Crippen LogP contribution in [0, 0.1) is 0 Å². The minimum atomic E-state index is -3.64. The Morgan fingerprint density at radius 2 is 1.74 bits per heavy atom. The number of hydrogen-bond donors (Lipinski definition) is 0. The number of likely N-dealkylation sites (tertiary alicyclic amines) is 1. The lowest BCUT2D eigenvalue weighted by Gasteiger charge is -2.31. The summed E-state index contributed by atoms with van der Waals surface area (Å²) in [5.74, 6) is 0.771. The number of nitrogens with zero attached hydrogens (tertiary/aromatic N) is 3. The van der Waals surface area contributed by atoms with Crippen LogP contribution in [0.4, 0.5) is 0 Å². The van der Waals surface area contributed by atoms with Gasteiger partial charge >= 0.3 is 0 Å². The van der Waals surface area contributed by atoms with Crippen molar-refractivity contribution in [3.8, 4) is 0 Å². The maximum atomic E-state index is 13.2. The summed E-state index contributed by atoms with van der Waals surface area (Å²) in [7, 11) is -1.98. The van der Waals surface area contributed by atoms with Gasteiger partial charge in [0.2, 0.25) is 10.0 Å². The van der Waals surface area contributed by atoms with E-state index < -0.39 is 10.0 Å². The average Bonchev–Trinajstić information content (AvgIpc) is 3.33. The van der Waals surface area contributed by atoms with E-state index in [9.17, 15) is 13.2 Å². The van der Waals surface area contributed by atoms with E-state index in [2.05, 4.69) is 4.98 Å². The van der Waals surface area contributed by atoms with Gasteiger partial charge in [0.1, 0.15) is 5.52 Å². The van der Waals surface area contributed by atoms with E-state index in [4.69, 9.17) is 4.42 Å². The summed E-state index contributed by atoms with van der Waals surface area (Å²) in [4.78, 5) is 19.8. The predicted molar refractivity (Wildman–Crippen MR) is 130 cm³/mol. The molecule has 0 N–H and O–H groups in total. The molecule has 7 nitrogen and oxygen atoms in total. The molecule has 8 heteroatoms. The molecule has 2 aromatic carbocycles. The zero-order chi connectivity index (χ0) is 23.7. The van der Waals surface area contributed by atoms with Gasteiger partial charge in [0.25, 0.3) is 5.91 Å². The third-order valence-corrected chi connectivity index (χ3v) is 9.19. The molecule has 3 aromatic rings. The summed E-state index contributed by atoms with van der Waals surface area (Å²) in [6.07, 6.45) is 6.59. The van der Waals surface area contributed by atoms with Crippen LogP contribution in [0.25, 0.3) is 11.1 Å². The summed E-state index contributed by atoms with van der Waals surface area (Å²) in [5.41, 5.74) is 2.05. The molecule has 180 valence electrons. The Balaban J connectivity index is 1.27. The number of piperidine rings is 1. The highest BCUT2D eigenvalue weighted by Gasteiger charge is 2.31. The lowest BCUT2D eigenvalue weighted by molar-refractivity contribution is 0.0706. The number of para-hydroxylation sites is 2. The maximum absolute atomic E-state index is 13.2. The van der Waals surface area contributed by atoms with Gasteiger partial charge in [0, 0.05) is 37.7 Å². The van der Waals surface area contributed by atoms with Crippen molar-refractivity contribution in [1.29, 1.82) is 0 Å². The third kappa shape index (κ3) is 4.49. The summed E-state index contributed by atoms with van der Waals surface area (Å²) >= 11 is 0. The Kier molecular flexibility index (Phi) is 6.44. The average molecular weight is 482 g/mol. The highest BCUT2D eigenvalue weighted by atomic mass is 32.2. The van der Waals surface area contributed by atoms with Gasteiger partial charge in [0.05, 0.1) is 4.90 Å². The van der Waals surface area contributed by atoms with E-state index in [-0.39, 0.29) is 22.8 Å². The van der Waals surface area contributed by atoms with Crippen molar-refractivity contribution < 1.29 is 17.6 Å². The monoisotopic (exact) mass is 481 g/mol. The summed E-state index contributed by atoms with van der Waals surface area (Å²) in [6.45, 7) is 1.17. The molecule has 2 heterocycles. The van der Waals surface area contributed by atoms with Crippen molar-refractivity contribution in [2.75, 3.05) is 20.1 Å². The lowest BCUT2D eigenvalue weighted by Crippen LogP contribution is -2.39. The van der Waals surface area contributed by atoms with Crippen molar-refractivity contribution in [2.45, 2.75) is 61.8 Å². The van der Waals surface area contributed by atoms with Crippen molar-refractivity contribution in [1.82, 2.24) is 14.2 Å². The minimum absolute atomic E-state index is 0.0315. The molecular formula is C26H31N3O4S. The zero-order valence-electron chi connectivity index (χ0n) is 19.5. The standard InChI is InChI=1S/C26H31N3O4S/c1-28(21-9-3-2-4-10-21)34(31,32)22-11-7-8-20(18-22)26(30)29-16-14-19(15-17-29)25-27-23-12-5-6-13-24(23)33-25/h5-8,11-13,18-19,21H,2-4,9-10,14-17H2,1H3. The van der Waals surface area contributed by atoms with Crippen LogP contribution in [0.1, 0.15) is 67.1 Å². The number of oxazole rings is 1. The molecule has 0 unspecified atom stereocenters. The molecular weight excluding hydrogens is 450 g/mol. The van der Waals surface area contributed by atoms with Gasteiger partial charge in [-0.2, -0.15) is 4.31 Å². The molecule has 1 aliphatic heterocycles. The Labute approximate surface area is 200 Å². The number of hydrogen-bond acceptors (Lipinski definition) is 5. The largest absolute Gasteiger partial charge is 0.440 e. The Morgan fingerprint density at radius 1 is 1.00 bits per heavy atom. The van der Waals surface area contributed by atoms with Crippen molar-refractivity contribution in [3.05, 3.63) is 60.0 Å². The first-order chi connectivity index (χ1) is 16.4. The first-order valence-electron chi connectivity index (χ1n) is 12.2. The number of carbonyl (C=O) groups is 1. The number of fused-ring (bicyclic) bond motifs is 1. The number of amides is 1. The number of carbonyl (C=O) groups excluding carboxylic acids is 1. The number of sulfonamides is 1. The SMILES string of the molecule is CN(C1CCCCC1)S(=O)(=O)c1cccc(C(=O)N2CCC(c3nc4ccccc4o3)CC2)c1. The second kappa shape index (κ2) is 9.50. The summed E-state index contributed by atoms with van der Waals surface area (Å²) in [5, 5.41) is 0. The number of rotatable bonds is 5. The summed E-state index contributed by atoms with van der Waals surface area (Å²) < 4.78 is 33.9. The molecule has 0 bridgehead atoms. The van der Waals surface area contributed by atoms with Gasteiger partial charge in [-0.1, -0.05) is 37.5 Å². The predicted octanol–water partition coefficient (Wildman–Crippen LogP) is 4.80. The van der Waals surface area contributed by atoms with Gasteiger partial charge in [-0.15, -0.1) is 0 Å². The van der Waals surface area contributed by atoms with Crippen LogP contribution in [0.15, 0.2) is 57.8 Å².